The molecule has 1 aliphatic rings. The summed E-state index contributed by atoms with van der Waals surface area (Å²) >= 11 is 2.89. The summed E-state index contributed by atoms with van der Waals surface area (Å²) in [7, 11) is 1.88. The van der Waals surface area contributed by atoms with Crippen molar-refractivity contribution in [2.24, 2.45) is 18.4 Å². The predicted octanol–water partition coefficient (Wildman–Crippen LogP) is 6.78. The highest BCUT2D eigenvalue weighted by molar-refractivity contribution is 7.99. The van der Waals surface area contributed by atoms with E-state index in [0.717, 1.165) is 37.0 Å². The van der Waals surface area contributed by atoms with Crippen molar-refractivity contribution in [2.75, 3.05) is 11.1 Å². The lowest BCUT2D eigenvalue weighted by Gasteiger charge is -2.36. The lowest BCUT2D eigenvalue weighted by Crippen LogP contribution is -2.28. The number of benzene rings is 1. The van der Waals surface area contributed by atoms with E-state index in [1.807, 2.05) is 36.7 Å². The van der Waals surface area contributed by atoms with Crippen LogP contribution in [0, 0.1) is 36.5 Å². The molecule has 2 atom stereocenters. The van der Waals surface area contributed by atoms with E-state index in [1.165, 1.54) is 27.8 Å². The number of fused-ring (bicyclic) bond motifs is 1. The van der Waals surface area contributed by atoms with Crippen LogP contribution in [0.25, 0.3) is 0 Å². The number of anilines is 1. The molecule has 2 aromatic heterocycles. The molecule has 0 spiro atoms. The van der Waals surface area contributed by atoms with Gasteiger partial charge in [0.1, 0.15) is 16.8 Å². The third-order valence-electron chi connectivity index (χ3n) is 8.00. The summed E-state index contributed by atoms with van der Waals surface area (Å²) in [6.07, 6.45) is 3.80. The van der Waals surface area contributed by atoms with Gasteiger partial charge in [-0.1, -0.05) is 45.0 Å². The number of amides is 1. The van der Waals surface area contributed by atoms with Gasteiger partial charge in [-0.05, 0) is 80.2 Å². The predicted molar refractivity (Wildman–Crippen MR) is 154 cm³/mol. The third kappa shape index (κ3) is 5.92. The van der Waals surface area contributed by atoms with Crippen molar-refractivity contribution in [2.45, 2.75) is 78.5 Å². The van der Waals surface area contributed by atoms with Gasteiger partial charge in [-0.25, -0.2) is 0 Å². The van der Waals surface area contributed by atoms with Crippen LogP contribution in [0.15, 0.2) is 23.4 Å². The molecular formula is C29H37N5O2S2. The Labute approximate surface area is 234 Å². The molecule has 38 heavy (non-hydrogen) atoms. The topological polar surface area (TPSA) is 92.8 Å². The number of hydrogen-bond donors (Lipinski definition) is 1. The Kier molecular flexibility index (Phi) is 8.53. The van der Waals surface area contributed by atoms with Crippen molar-refractivity contribution < 1.29 is 9.53 Å². The molecule has 7 nitrogen and oxygen atoms in total. The number of nitrogens with zero attached hydrogens (tertiary/aromatic N) is 4. The van der Waals surface area contributed by atoms with Crippen molar-refractivity contribution in [1.29, 1.82) is 5.26 Å². The zero-order chi connectivity index (χ0) is 27.6. The van der Waals surface area contributed by atoms with Gasteiger partial charge in [0.25, 0.3) is 0 Å². The highest BCUT2D eigenvalue weighted by Gasteiger charge is 2.34. The second kappa shape index (κ2) is 11.5. The minimum Gasteiger partial charge on any atom is -0.483 e. The van der Waals surface area contributed by atoms with E-state index < -0.39 is 0 Å². The third-order valence-corrected chi connectivity index (χ3v) is 10.2. The van der Waals surface area contributed by atoms with Crippen molar-refractivity contribution in [3.8, 4) is 11.8 Å². The summed E-state index contributed by atoms with van der Waals surface area (Å²) in [5, 5.41) is 22.8. The number of thiophene rings is 1. The molecule has 0 saturated carbocycles. The Balaban J connectivity index is 1.38. The van der Waals surface area contributed by atoms with Gasteiger partial charge < -0.3 is 14.6 Å². The molecule has 0 bridgehead atoms. The Morgan fingerprint density at radius 1 is 1.34 bits per heavy atom. The summed E-state index contributed by atoms with van der Waals surface area (Å²) < 4.78 is 7.96. The number of carbonyl (C=O) groups excluding carboxylic acids is 1. The number of thioether (sulfide) groups is 1. The molecule has 1 aliphatic carbocycles. The molecule has 0 radical (unpaired) electrons. The largest absolute Gasteiger partial charge is 0.483 e. The zero-order valence-electron chi connectivity index (χ0n) is 23.3. The molecule has 2 unspecified atom stereocenters. The smallest absolute Gasteiger partial charge is 0.235 e. The number of aryl methyl sites for hydroxylation is 2. The van der Waals surface area contributed by atoms with Crippen molar-refractivity contribution >= 4 is 34.0 Å². The van der Waals surface area contributed by atoms with Crippen LogP contribution in [-0.2, 0) is 24.7 Å². The van der Waals surface area contributed by atoms with E-state index >= 15 is 0 Å². The number of ether oxygens (including phenoxy) is 1. The number of rotatable bonds is 9. The number of nitriles is 1. The molecule has 3 aromatic rings. The molecule has 1 N–H and O–H groups in total. The van der Waals surface area contributed by atoms with E-state index in [1.54, 1.807) is 11.3 Å². The van der Waals surface area contributed by atoms with Crippen molar-refractivity contribution in [3.63, 3.8) is 0 Å². The molecule has 2 heterocycles. The van der Waals surface area contributed by atoms with Crippen LogP contribution in [-0.4, -0.2) is 26.4 Å². The fourth-order valence-electron chi connectivity index (χ4n) is 4.89. The van der Waals surface area contributed by atoms with Crippen molar-refractivity contribution in [3.05, 3.63) is 51.2 Å². The van der Waals surface area contributed by atoms with Crippen LogP contribution < -0.4 is 10.1 Å². The van der Waals surface area contributed by atoms with Gasteiger partial charge in [0.05, 0.1) is 11.3 Å². The number of hydrogen-bond acceptors (Lipinski definition) is 7. The first-order chi connectivity index (χ1) is 18.0. The van der Waals surface area contributed by atoms with Crippen LogP contribution in [0.1, 0.15) is 79.6 Å². The normalized spacial score (nSPS) is 16.0. The molecule has 0 saturated heterocycles. The monoisotopic (exact) mass is 551 g/mol. The maximum absolute atomic E-state index is 12.9. The summed E-state index contributed by atoms with van der Waals surface area (Å²) in [5.74, 6) is 2.09. The summed E-state index contributed by atoms with van der Waals surface area (Å²) in [6, 6.07) is 8.37. The molecule has 0 fully saturated rings. The Hall–Kier alpha value is -2.83. The highest BCUT2D eigenvalue weighted by Crippen LogP contribution is 2.45. The van der Waals surface area contributed by atoms with E-state index in [9.17, 15) is 10.1 Å². The van der Waals surface area contributed by atoms with Gasteiger partial charge in [0, 0.05) is 11.9 Å². The minimum atomic E-state index is -0.296. The summed E-state index contributed by atoms with van der Waals surface area (Å²) in [4.78, 5) is 14.1. The molecule has 202 valence electrons. The SMILES string of the molecule is CCC(C)(C)C1CCc2c(sc(NC(=O)CSc3nnc(C(C)Oc4ccc(C)c(C)c4)n3C)c2C#N)C1. The summed E-state index contributed by atoms with van der Waals surface area (Å²) in [5.41, 5.74) is 4.42. The van der Waals surface area contributed by atoms with Crippen LogP contribution in [0.2, 0.25) is 0 Å². The van der Waals surface area contributed by atoms with E-state index in [-0.39, 0.29) is 23.2 Å². The second-order valence-corrected chi connectivity index (χ2v) is 12.9. The first-order valence-corrected chi connectivity index (χ1v) is 14.9. The first kappa shape index (κ1) is 28.2. The van der Waals surface area contributed by atoms with Crippen LogP contribution in [0.4, 0.5) is 5.00 Å². The van der Waals surface area contributed by atoms with Gasteiger partial charge >= 0.3 is 0 Å². The zero-order valence-corrected chi connectivity index (χ0v) is 25.0. The molecule has 1 aromatic carbocycles. The lowest BCUT2D eigenvalue weighted by atomic mass is 9.69. The van der Waals surface area contributed by atoms with Gasteiger partial charge in [0.15, 0.2) is 17.1 Å². The number of carbonyl (C=O) groups is 1. The van der Waals surface area contributed by atoms with E-state index in [4.69, 9.17) is 4.74 Å². The lowest BCUT2D eigenvalue weighted by molar-refractivity contribution is -0.113. The van der Waals surface area contributed by atoms with Gasteiger partial charge in [-0.2, -0.15) is 5.26 Å². The maximum Gasteiger partial charge on any atom is 0.235 e. The molecule has 0 aliphatic heterocycles. The van der Waals surface area contributed by atoms with Crippen molar-refractivity contribution in [1.82, 2.24) is 14.8 Å². The molecule has 4 rings (SSSR count). The fourth-order valence-corrected chi connectivity index (χ4v) is 6.90. The highest BCUT2D eigenvalue weighted by atomic mass is 32.2. The molecule has 9 heteroatoms. The Bertz CT molecular complexity index is 1370. The fraction of sp³-hybridized carbons (Fsp3) is 0.517. The molecule has 1 amide bonds. The first-order valence-electron chi connectivity index (χ1n) is 13.1. The Morgan fingerprint density at radius 3 is 2.79 bits per heavy atom. The summed E-state index contributed by atoms with van der Waals surface area (Å²) in [6.45, 7) is 13.0. The van der Waals surface area contributed by atoms with Crippen LogP contribution in [0.3, 0.4) is 0 Å². The number of nitrogens with one attached hydrogen (secondary N) is 1. The van der Waals surface area contributed by atoms with Crippen LogP contribution in [0.5, 0.6) is 5.75 Å². The average molecular weight is 552 g/mol. The minimum absolute atomic E-state index is 0.153. The standard InChI is InChI=1S/C29H37N5O2S2/c1-8-29(5,6)20-10-12-22-23(15-30)27(38-24(22)14-20)31-25(35)16-37-28-33-32-26(34(28)7)19(4)36-21-11-9-17(2)18(3)13-21/h9,11,13,19-20H,8,10,12,14,16H2,1-7H3,(H,31,35). The van der Waals surface area contributed by atoms with E-state index in [2.05, 4.69) is 56.2 Å². The quantitative estimate of drug-likeness (QED) is 0.295. The number of aromatic nitrogens is 3. The molecular weight excluding hydrogens is 514 g/mol. The van der Waals surface area contributed by atoms with Crippen LogP contribution >= 0.6 is 23.1 Å². The van der Waals surface area contributed by atoms with Gasteiger partial charge in [-0.3, -0.25) is 4.79 Å². The Morgan fingerprint density at radius 2 is 2.11 bits per heavy atom. The second-order valence-electron chi connectivity index (χ2n) is 10.8. The van der Waals surface area contributed by atoms with Gasteiger partial charge in [0.2, 0.25) is 5.91 Å². The van der Waals surface area contributed by atoms with Gasteiger partial charge in [-0.15, -0.1) is 21.5 Å². The average Bonchev–Trinajstić information content (AvgIpc) is 3.43. The maximum atomic E-state index is 12.9. The van der Waals surface area contributed by atoms with E-state index in [0.29, 0.717) is 27.5 Å².